The molecule has 1 saturated heterocycles. The number of carbonyl (C=O) groups is 2. The van der Waals surface area contributed by atoms with E-state index in [1.807, 2.05) is 33.3 Å². The van der Waals surface area contributed by atoms with E-state index >= 15 is 0 Å². The van der Waals surface area contributed by atoms with Crippen molar-refractivity contribution in [3.8, 4) is 10.4 Å². The number of aryl methyl sites for hydroxylation is 2. The summed E-state index contributed by atoms with van der Waals surface area (Å²) in [6, 6.07) is 8.28. The van der Waals surface area contributed by atoms with E-state index in [1.54, 1.807) is 22.3 Å². The molecular weight excluding hydrogens is 484 g/mol. The van der Waals surface area contributed by atoms with E-state index in [4.69, 9.17) is 4.52 Å². The molecular formula is C29H40N4O3S. The van der Waals surface area contributed by atoms with Gasteiger partial charge in [0.05, 0.1) is 27.8 Å². The minimum Gasteiger partial charge on any atom is -0.360 e. The molecule has 1 aromatic carbocycles. The van der Waals surface area contributed by atoms with Gasteiger partial charge in [0, 0.05) is 19.2 Å². The summed E-state index contributed by atoms with van der Waals surface area (Å²) in [4.78, 5) is 31.0. The Balaban J connectivity index is 0.000000206. The summed E-state index contributed by atoms with van der Waals surface area (Å²) in [6.45, 7) is 13.9. The zero-order valence-electron chi connectivity index (χ0n) is 23.1. The highest BCUT2D eigenvalue weighted by Gasteiger charge is 2.37. The fourth-order valence-electron chi connectivity index (χ4n) is 4.86. The number of hydrogen-bond donors (Lipinski definition) is 1. The number of aromatic nitrogens is 2. The van der Waals surface area contributed by atoms with Gasteiger partial charge in [-0.25, -0.2) is 4.98 Å². The van der Waals surface area contributed by atoms with Crippen molar-refractivity contribution < 1.29 is 14.1 Å². The average Bonchev–Trinajstić information content (AvgIpc) is 3.61. The van der Waals surface area contributed by atoms with Crippen molar-refractivity contribution in [2.24, 2.45) is 5.92 Å². The molecule has 0 radical (unpaired) electrons. The number of benzene rings is 1. The number of hydrogen-bond acceptors (Lipinski definition) is 7. The average molecular weight is 525 g/mol. The number of nitrogens with zero attached hydrogens (tertiary/aromatic N) is 3. The summed E-state index contributed by atoms with van der Waals surface area (Å²) in [6.07, 6.45) is 2.51. The summed E-state index contributed by atoms with van der Waals surface area (Å²) >= 11 is 1.72. The number of nitrogens with one attached hydrogen (secondary N) is 1. The Hall–Kier alpha value is -2.84. The van der Waals surface area contributed by atoms with Gasteiger partial charge in [-0.3, -0.25) is 4.79 Å². The molecule has 1 N–H and O–H groups in total. The van der Waals surface area contributed by atoms with Crippen LogP contribution in [0.4, 0.5) is 0 Å². The molecule has 3 heterocycles. The highest BCUT2D eigenvalue weighted by atomic mass is 32.1. The molecule has 1 aliphatic rings. The molecule has 0 bridgehead atoms. The standard InChI is InChI=1S/C15H20N2S.C14H20N2O3/c1-10(2)14-7-12(5-6-13(14)8-16-4)15-11(3)17-9-18-15;1-9(2)13(12-7-10(3)15-19-12)14(18)16-6-4-5-11(16)8-17/h5-7,9-10,16H,8H2,1-4H3;7-9,11,13H,4-6H2,1-3H3/t;11?,13-/m.0/s1. The lowest BCUT2D eigenvalue weighted by Gasteiger charge is -2.26. The van der Waals surface area contributed by atoms with Crippen LogP contribution in [0.5, 0.6) is 0 Å². The van der Waals surface area contributed by atoms with Crippen LogP contribution in [-0.2, 0) is 16.1 Å². The SMILES string of the molecule is CNCc1ccc(-c2scnc2C)cc1C(C)C.Cc1cc([C@@H](C(=O)N2CCCC2C=O)C(C)C)on1. The van der Waals surface area contributed by atoms with E-state index in [9.17, 15) is 9.59 Å². The molecule has 2 atom stereocenters. The predicted octanol–water partition coefficient (Wildman–Crippen LogP) is 5.87. The second-order valence-corrected chi connectivity index (χ2v) is 11.2. The molecule has 1 amide bonds. The van der Waals surface area contributed by atoms with Crippen molar-refractivity contribution in [1.82, 2.24) is 20.4 Å². The third kappa shape index (κ3) is 6.93. The first-order chi connectivity index (χ1) is 17.7. The molecule has 0 aliphatic carbocycles. The molecule has 2 aromatic heterocycles. The fraction of sp³-hybridized carbons (Fsp3) is 0.517. The maximum absolute atomic E-state index is 12.6. The number of aldehydes is 1. The largest absolute Gasteiger partial charge is 0.360 e. The van der Waals surface area contributed by atoms with Gasteiger partial charge in [-0.05, 0) is 68.3 Å². The van der Waals surface area contributed by atoms with Crippen molar-refractivity contribution in [3.05, 3.63) is 58.1 Å². The van der Waals surface area contributed by atoms with Crippen molar-refractivity contribution in [1.29, 1.82) is 0 Å². The monoisotopic (exact) mass is 524 g/mol. The second-order valence-electron chi connectivity index (χ2n) is 10.3. The molecule has 1 aliphatic heterocycles. The van der Waals surface area contributed by atoms with Gasteiger partial charge in [0.15, 0.2) is 0 Å². The van der Waals surface area contributed by atoms with E-state index in [0.29, 0.717) is 18.2 Å². The van der Waals surface area contributed by atoms with E-state index in [1.165, 1.54) is 21.6 Å². The molecule has 1 unspecified atom stereocenters. The normalized spacial score (nSPS) is 16.1. The minimum absolute atomic E-state index is 0.0271. The van der Waals surface area contributed by atoms with Crippen LogP contribution < -0.4 is 5.32 Å². The molecule has 3 aromatic rings. The van der Waals surface area contributed by atoms with Gasteiger partial charge in [-0.15, -0.1) is 11.3 Å². The summed E-state index contributed by atoms with van der Waals surface area (Å²) < 4.78 is 5.25. The van der Waals surface area contributed by atoms with E-state index in [0.717, 1.165) is 37.1 Å². The molecule has 37 heavy (non-hydrogen) atoms. The number of rotatable bonds is 8. The molecule has 0 spiro atoms. The van der Waals surface area contributed by atoms with Gasteiger partial charge in [0.1, 0.15) is 18.0 Å². The lowest BCUT2D eigenvalue weighted by molar-refractivity contribution is -0.137. The predicted molar refractivity (Wildman–Crippen MR) is 149 cm³/mol. The number of carbonyl (C=O) groups excluding carboxylic acids is 2. The second kappa shape index (κ2) is 13.1. The first-order valence-corrected chi connectivity index (χ1v) is 13.9. The van der Waals surface area contributed by atoms with Crippen LogP contribution in [0.1, 0.15) is 80.6 Å². The molecule has 4 rings (SSSR count). The summed E-state index contributed by atoms with van der Waals surface area (Å²) in [7, 11) is 1.99. The minimum atomic E-state index is -0.359. The highest BCUT2D eigenvalue weighted by molar-refractivity contribution is 7.13. The van der Waals surface area contributed by atoms with E-state index < -0.39 is 0 Å². The number of thiazole rings is 1. The van der Waals surface area contributed by atoms with Gasteiger partial charge in [0.2, 0.25) is 5.91 Å². The van der Waals surface area contributed by atoms with E-state index in [-0.39, 0.29) is 23.8 Å². The van der Waals surface area contributed by atoms with Crippen LogP contribution in [0, 0.1) is 19.8 Å². The quantitative estimate of drug-likeness (QED) is 0.371. The van der Waals surface area contributed by atoms with Crippen LogP contribution in [0.2, 0.25) is 0 Å². The van der Waals surface area contributed by atoms with Gasteiger partial charge in [0.25, 0.3) is 0 Å². The van der Waals surface area contributed by atoms with Crippen molar-refractivity contribution >= 4 is 23.5 Å². The molecule has 7 nitrogen and oxygen atoms in total. The zero-order valence-corrected chi connectivity index (χ0v) is 23.9. The summed E-state index contributed by atoms with van der Waals surface area (Å²) in [5, 5.41) is 7.09. The first kappa shape index (κ1) is 28.7. The maximum atomic E-state index is 12.6. The molecule has 1 fully saturated rings. The Kier molecular flexibility index (Phi) is 10.2. The van der Waals surface area contributed by atoms with Crippen LogP contribution >= 0.6 is 11.3 Å². The van der Waals surface area contributed by atoms with Crippen molar-refractivity contribution in [3.63, 3.8) is 0 Å². The lowest BCUT2D eigenvalue weighted by atomic mass is 9.91. The molecule has 200 valence electrons. The Morgan fingerprint density at radius 2 is 2.00 bits per heavy atom. The van der Waals surface area contributed by atoms with Gasteiger partial charge in [-0.1, -0.05) is 45.0 Å². The van der Waals surface area contributed by atoms with Crippen LogP contribution in [-0.4, -0.2) is 46.9 Å². The van der Waals surface area contributed by atoms with Crippen molar-refractivity contribution in [2.75, 3.05) is 13.6 Å². The Bertz CT molecular complexity index is 1180. The van der Waals surface area contributed by atoms with Crippen molar-refractivity contribution in [2.45, 2.75) is 78.8 Å². The fourth-order valence-corrected chi connectivity index (χ4v) is 5.66. The Labute approximate surface area is 224 Å². The summed E-state index contributed by atoms with van der Waals surface area (Å²) in [5.41, 5.74) is 7.91. The Morgan fingerprint density at radius 3 is 2.54 bits per heavy atom. The smallest absolute Gasteiger partial charge is 0.234 e. The molecule has 8 heteroatoms. The first-order valence-electron chi connectivity index (χ1n) is 13.0. The highest BCUT2D eigenvalue weighted by Crippen LogP contribution is 2.32. The third-order valence-electron chi connectivity index (χ3n) is 6.77. The van der Waals surface area contributed by atoms with Crippen LogP contribution in [0.25, 0.3) is 10.4 Å². The Morgan fingerprint density at radius 1 is 1.24 bits per heavy atom. The molecule has 0 saturated carbocycles. The van der Waals surface area contributed by atoms with Crippen LogP contribution in [0.3, 0.4) is 0 Å². The zero-order chi connectivity index (χ0) is 27.1. The van der Waals surface area contributed by atoms with Gasteiger partial charge in [-0.2, -0.15) is 0 Å². The number of likely N-dealkylation sites (tertiary alicyclic amines) is 1. The van der Waals surface area contributed by atoms with Gasteiger partial charge >= 0.3 is 0 Å². The topological polar surface area (TPSA) is 88.3 Å². The summed E-state index contributed by atoms with van der Waals surface area (Å²) in [5.74, 6) is 0.853. The van der Waals surface area contributed by atoms with E-state index in [2.05, 4.69) is 54.4 Å². The maximum Gasteiger partial charge on any atom is 0.234 e. The van der Waals surface area contributed by atoms with Gasteiger partial charge < -0.3 is 19.5 Å². The number of amides is 1. The third-order valence-corrected chi connectivity index (χ3v) is 7.75. The lowest BCUT2D eigenvalue weighted by Crippen LogP contribution is -2.40. The van der Waals surface area contributed by atoms with Crippen LogP contribution in [0.15, 0.2) is 34.3 Å².